The van der Waals surface area contributed by atoms with Crippen molar-refractivity contribution in [2.75, 3.05) is 4.90 Å². The summed E-state index contributed by atoms with van der Waals surface area (Å²) in [5, 5.41) is 7.50. The van der Waals surface area contributed by atoms with Crippen LogP contribution in [0.2, 0.25) is 0 Å². The predicted molar refractivity (Wildman–Crippen MR) is 264 cm³/mol. The maximum absolute atomic E-state index is 2.70. The molecule has 0 amide bonds. The average Bonchev–Trinajstić information content (AvgIpc) is 3.83. The van der Waals surface area contributed by atoms with E-state index in [9.17, 15) is 0 Å². The molecule has 0 saturated carbocycles. The number of hydrogen-bond donors (Lipinski definition) is 0. The number of benzene rings is 9. The zero-order valence-electron chi connectivity index (χ0n) is 36.6. The number of nitrogens with zero attached hydrogens (tertiary/aromatic N) is 2. The van der Waals surface area contributed by atoms with Crippen LogP contribution in [0, 0.1) is 0 Å². The number of aromatic nitrogens is 1. The van der Waals surface area contributed by atoms with Crippen molar-refractivity contribution >= 4 is 60.4 Å². The molecule has 0 atom stereocenters. The number of rotatable bonds is 4. The molecule has 9 aromatic carbocycles. The van der Waals surface area contributed by atoms with Gasteiger partial charge >= 0.3 is 0 Å². The molecule has 12 rings (SSSR count). The number of hydrogen-bond acceptors (Lipinski definition) is 1. The lowest BCUT2D eigenvalue weighted by atomic mass is 9.70. The van der Waals surface area contributed by atoms with Crippen molar-refractivity contribution < 1.29 is 0 Å². The van der Waals surface area contributed by atoms with Crippen LogP contribution in [0.25, 0.3) is 71.3 Å². The smallest absolute Gasteiger partial charge is 0.0561 e. The molecule has 1 aromatic heterocycles. The van der Waals surface area contributed by atoms with Gasteiger partial charge in [0.15, 0.2) is 0 Å². The van der Waals surface area contributed by atoms with E-state index in [4.69, 9.17) is 0 Å². The van der Waals surface area contributed by atoms with E-state index >= 15 is 0 Å². The van der Waals surface area contributed by atoms with Crippen LogP contribution in [-0.2, 0) is 16.2 Å². The summed E-state index contributed by atoms with van der Waals surface area (Å²) in [5.74, 6) is 0. The molecule has 0 saturated heterocycles. The first-order valence-corrected chi connectivity index (χ1v) is 22.2. The Morgan fingerprint density at radius 3 is 1.61 bits per heavy atom. The van der Waals surface area contributed by atoms with Crippen LogP contribution in [0.5, 0.6) is 0 Å². The molecule has 0 N–H and O–H groups in total. The molecule has 62 heavy (non-hydrogen) atoms. The molecule has 10 aromatic rings. The maximum Gasteiger partial charge on any atom is 0.0561 e. The predicted octanol–water partition coefficient (Wildman–Crippen LogP) is 16.5. The van der Waals surface area contributed by atoms with Gasteiger partial charge < -0.3 is 9.47 Å². The van der Waals surface area contributed by atoms with Crippen molar-refractivity contribution in [2.45, 2.75) is 64.7 Å². The second-order valence-corrected chi connectivity index (χ2v) is 19.7. The lowest BCUT2D eigenvalue weighted by Gasteiger charge is -2.40. The third-order valence-corrected chi connectivity index (χ3v) is 14.4. The van der Waals surface area contributed by atoms with E-state index in [-0.39, 0.29) is 16.2 Å². The van der Waals surface area contributed by atoms with Gasteiger partial charge in [-0.2, -0.15) is 0 Å². The summed E-state index contributed by atoms with van der Waals surface area (Å²) in [4.78, 5) is 2.70. The number of anilines is 3. The quantitative estimate of drug-likeness (QED) is 0.161. The second kappa shape index (κ2) is 12.8. The normalized spacial score (nSPS) is 14.6. The van der Waals surface area contributed by atoms with Gasteiger partial charge in [0, 0.05) is 38.4 Å². The topological polar surface area (TPSA) is 8.17 Å². The summed E-state index contributed by atoms with van der Waals surface area (Å²) < 4.78 is 2.46. The van der Waals surface area contributed by atoms with Gasteiger partial charge in [-0.3, -0.25) is 0 Å². The van der Waals surface area contributed by atoms with Crippen LogP contribution in [0.15, 0.2) is 176 Å². The zero-order valence-corrected chi connectivity index (χ0v) is 36.6. The molecule has 2 aliphatic carbocycles. The van der Waals surface area contributed by atoms with Crippen molar-refractivity contribution in [3.8, 4) is 27.9 Å². The SMILES string of the molecule is CC(C)(C)c1c2c(c(N(c3ccc4c5ccccc5n(-c5ccccc5)c4c3)c3cc4ccccc4c4ccccc34)c3c1-c1ccccc1C3(C)C)C(C)(C)c1ccccc1-2. The Hall–Kier alpha value is -6.90. The van der Waals surface area contributed by atoms with Crippen molar-refractivity contribution in [3.05, 3.63) is 204 Å². The highest BCUT2D eigenvalue weighted by atomic mass is 15.2. The fraction of sp³-hybridized carbons (Fsp3) is 0.167. The van der Waals surface area contributed by atoms with Crippen molar-refractivity contribution in [1.82, 2.24) is 4.57 Å². The Balaban J connectivity index is 1.32. The average molecular weight is 799 g/mol. The molecule has 0 bridgehead atoms. The zero-order chi connectivity index (χ0) is 42.3. The highest BCUT2D eigenvalue weighted by molar-refractivity contribution is 6.17. The van der Waals surface area contributed by atoms with Gasteiger partial charge in [-0.05, 0) is 108 Å². The van der Waals surface area contributed by atoms with Crippen LogP contribution in [-0.4, -0.2) is 4.57 Å². The van der Waals surface area contributed by atoms with Crippen LogP contribution in [0.1, 0.15) is 76.3 Å². The monoisotopic (exact) mass is 798 g/mol. The third kappa shape index (κ3) is 4.92. The molecule has 300 valence electrons. The first kappa shape index (κ1) is 36.9. The van der Waals surface area contributed by atoms with Gasteiger partial charge in [-0.1, -0.05) is 188 Å². The molecule has 1 heterocycles. The highest BCUT2D eigenvalue weighted by Gasteiger charge is 2.50. The van der Waals surface area contributed by atoms with E-state index in [0.717, 1.165) is 11.4 Å². The van der Waals surface area contributed by atoms with Crippen LogP contribution >= 0.6 is 0 Å². The molecule has 0 spiro atoms. The van der Waals surface area contributed by atoms with Gasteiger partial charge in [-0.15, -0.1) is 0 Å². The summed E-state index contributed by atoms with van der Waals surface area (Å²) in [7, 11) is 0. The Morgan fingerprint density at radius 2 is 0.968 bits per heavy atom. The van der Waals surface area contributed by atoms with Gasteiger partial charge in [0.2, 0.25) is 0 Å². The molecular weight excluding hydrogens is 749 g/mol. The van der Waals surface area contributed by atoms with Gasteiger partial charge in [0.25, 0.3) is 0 Å². The second-order valence-electron chi connectivity index (χ2n) is 19.7. The van der Waals surface area contributed by atoms with E-state index in [2.05, 4.69) is 234 Å². The lowest BCUT2D eigenvalue weighted by molar-refractivity contribution is 0.587. The van der Waals surface area contributed by atoms with Crippen LogP contribution in [0.4, 0.5) is 17.1 Å². The van der Waals surface area contributed by atoms with E-state index in [0.29, 0.717) is 0 Å². The molecular formula is C60H50N2. The Labute approximate surface area is 364 Å². The fourth-order valence-corrected chi connectivity index (χ4v) is 11.8. The van der Waals surface area contributed by atoms with E-state index in [1.54, 1.807) is 0 Å². The largest absolute Gasteiger partial charge is 0.309 e. The summed E-state index contributed by atoms with van der Waals surface area (Å²) in [5.41, 5.74) is 19.0. The van der Waals surface area contributed by atoms with Crippen molar-refractivity contribution in [3.63, 3.8) is 0 Å². The molecule has 0 fully saturated rings. The minimum Gasteiger partial charge on any atom is -0.309 e. The fourth-order valence-electron chi connectivity index (χ4n) is 11.8. The molecule has 2 aliphatic rings. The molecule has 2 heteroatoms. The van der Waals surface area contributed by atoms with Gasteiger partial charge in [0.1, 0.15) is 0 Å². The van der Waals surface area contributed by atoms with Gasteiger partial charge in [0.05, 0.1) is 22.4 Å². The van der Waals surface area contributed by atoms with Crippen molar-refractivity contribution in [2.24, 2.45) is 0 Å². The first-order valence-electron chi connectivity index (χ1n) is 22.2. The Kier molecular flexibility index (Phi) is 7.63. The summed E-state index contributed by atoms with van der Waals surface area (Å²) in [6, 6.07) is 66.0. The molecule has 0 unspecified atom stereocenters. The Morgan fingerprint density at radius 1 is 0.452 bits per heavy atom. The first-order chi connectivity index (χ1) is 30.0. The minimum atomic E-state index is -0.310. The van der Waals surface area contributed by atoms with Crippen molar-refractivity contribution in [1.29, 1.82) is 0 Å². The number of fused-ring (bicyclic) bond motifs is 12. The van der Waals surface area contributed by atoms with E-state index < -0.39 is 0 Å². The summed E-state index contributed by atoms with van der Waals surface area (Å²) in [6.45, 7) is 17.2. The summed E-state index contributed by atoms with van der Waals surface area (Å²) >= 11 is 0. The van der Waals surface area contributed by atoms with E-state index in [1.165, 1.54) is 105 Å². The Bertz CT molecular complexity index is 3410. The molecule has 0 radical (unpaired) electrons. The minimum absolute atomic E-state index is 0.149. The molecule has 0 aliphatic heterocycles. The standard InChI is InChI=1S/C60H50N2/c1-58(2,3)54-52-45-28-15-18-30-47(45)59(4,5)55(52)57(56-53(54)46-29-16-19-31-48(46)60(56,6)7)62(50-35-37-21-11-12-24-40(37)41-25-13-14-26-42(41)50)39-33-34-44-43-27-17-20-32-49(43)61(51(44)36-39)38-22-9-8-10-23-38/h8-36H,1-7H3. The lowest BCUT2D eigenvalue weighted by Crippen LogP contribution is -2.28. The van der Waals surface area contributed by atoms with Crippen LogP contribution < -0.4 is 4.90 Å². The maximum atomic E-state index is 2.70. The summed E-state index contributed by atoms with van der Waals surface area (Å²) in [6.07, 6.45) is 0. The third-order valence-electron chi connectivity index (χ3n) is 14.4. The van der Waals surface area contributed by atoms with Gasteiger partial charge in [-0.25, -0.2) is 0 Å². The highest BCUT2D eigenvalue weighted by Crippen LogP contribution is 2.66. The van der Waals surface area contributed by atoms with E-state index in [1.807, 2.05) is 0 Å². The van der Waals surface area contributed by atoms with Crippen LogP contribution in [0.3, 0.4) is 0 Å². The molecule has 2 nitrogen and oxygen atoms in total. The number of para-hydroxylation sites is 2.